The summed E-state index contributed by atoms with van der Waals surface area (Å²) in [6, 6.07) is 2.07. The largest absolute Gasteiger partial charge is 0.508 e. The Morgan fingerprint density at radius 2 is 1.56 bits per heavy atom. The molecule has 0 unspecified atom stereocenters. The highest BCUT2D eigenvalue weighted by Gasteiger charge is 2.23. The Balaban J connectivity index is 3.10. The zero-order chi connectivity index (χ0) is 12.5. The highest BCUT2D eigenvalue weighted by molar-refractivity contribution is 6.01. The van der Waals surface area contributed by atoms with Crippen molar-refractivity contribution < 1.29 is 20.1 Å². The summed E-state index contributed by atoms with van der Waals surface area (Å²) in [5.41, 5.74) is -0.360. The van der Waals surface area contributed by atoms with Crippen molar-refractivity contribution in [1.82, 2.24) is 0 Å². The Hall–Kier alpha value is -1.71. The molecule has 0 bridgehead atoms. The van der Waals surface area contributed by atoms with Crippen molar-refractivity contribution in [3.8, 4) is 17.2 Å². The molecule has 0 amide bonds. The molecule has 0 saturated carbocycles. The van der Waals surface area contributed by atoms with Gasteiger partial charge in [0.1, 0.15) is 22.8 Å². The summed E-state index contributed by atoms with van der Waals surface area (Å²) in [4.78, 5) is 11.8. The van der Waals surface area contributed by atoms with Crippen LogP contribution < -0.4 is 0 Å². The third-order valence-corrected chi connectivity index (χ3v) is 2.05. The van der Waals surface area contributed by atoms with Gasteiger partial charge in [-0.3, -0.25) is 4.79 Å². The average molecular weight is 224 g/mol. The summed E-state index contributed by atoms with van der Waals surface area (Å²) in [5.74, 6) is -1.41. The molecule has 0 spiro atoms. The number of hydrogen-bond acceptors (Lipinski definition) is 4. The molecule has 0 saturated heterocycles. The van der Waals surface area contributed by atoms with Gasteiger partial charge >= 0.3 is 0 Å². The Bertz CT molecular complexity index is 393. The second-order valence-corrected chi connectivity index (χ2v) is 5.02. The highest BCUT2D eigenvalue weighted by atomic mass is 16.3. The molecule has 0 fully saturated rings. The summed E-state index contributed by atoms with van der Waals surface area (Å²) >= 11 is 0. The molecule has 1 aromatic carbocycles. The molecule has 0 heterocycles. The van der Waals surface area contributed by atoms with Crippen LogP contribution in [-0.2, 0) is 0 Å². The number of rotatable bonds is 2. The van der Waals surface area contributed by atoms with Crippen molar-refractivity contribution in [3.63, 3.8) is 0 Å². The molecule has 88 valence electrons. The van der Waals surface area contributed by atoms with Crippen molar-refractivity contribution in [1.29, 1.82) is 0 Å². The molecule has 3 N–H and O–H groups in total. The molecule has 0 atom stereocenters. The number of carbonyl (C=O) groups excluding carboxylic acids is 1. The predicted octanol–water partition coefficient (Wildman–Crippen LogP) is 2.42. The summed E-state index contributed by atoms with van der Waals surface area (Å²) < 4.78 is 0. The quantitative estimate of drug-likeness (QED) is 0.674. The van der Waals surface area contributed by atoms with Crippen molar-refractivity contribution in [2.24, 2.45) is 5.41 Å². The van der Waals surface area contributed by atoms with Crippen LogP contribution >= 0.6 is 0 Å². The first-order valence-corrected chi connectivity index (χ1v) is 4.99. The minimum Gasteiger partial charge on any atom is -0.508 e. The van der Waals surface area contributed by atoms with E-state index in [1.165, 1.54) is 0 Å². The number of Topliss-reactive ketones (excluding diaryl/α,β-unsaturated/α-hetero) is 1. The van der Waals surface area contributed by atoms with E-state index in [4.69, 9.17) is 5.11 Å². The molecule has 0 aromatic heterocycles. The summed E-state index contributed by atoms with van der Waals surface area (Å²) in [6.45, 7) is 5.66. The lowest BCUT2D eigenvalue weighted by molar-refractivity contribution is 0.0934. The minimum absolute atomic E-state index is 0.132. The first kappa shape index (κ1) is 12.4. The maximum atomic E-state index is 11.8. The predicted molar refractivity (Wildman–Crippen MR) is 59.8 cm³/mol. The number of aromatic hydroxyl groups is 3. The van der Waals surface area contributed by atoms with Crippen LogP contribution in [0.5, 0.6) is 17.2 Å². The van der Waals surface area contributed by atoms with Gasteiger partial charge in [-0.2, -0.15) is 0 Å². The van der Waals surface area contributed by atoms with Crippen molar-refractivity contribution >= 4 is 5.78 Å². The lowest BCUT2D eigenvalue weighted by Crippen LogP contribution is -2.13. The van der Waals surface area contributed by atoms with E-state index in [9.17, 15) is 15.0 Å². The van der Waals surface area contributed by atoms with E-state index in [0.29, 0.717) is 0 Å². The van der Waals surface area contributed by atoms with Crippen molar-refractivity contribution in [2.75, 3.05) is 0 Å². The first-order chi connectivity index (χ1) is 7.20. The fourth-order valence-corrected chi connectivity index (χ4v) is 1.45. The Morgan fingerprint density at radius 1 is 1.12 bits per heavy atom. The second kappa shape index (κ2) is 4.04. The van der Waals surface area contributed by atoms with E-state index in [-0.39, 0.29) is 28.9 Å². The van der Waals surface area contributed by atoms with Gasteiger partial charge < -0.3 is 15.3 Å². The van der Waals surface area contributed by atoms with Gasteiger partial charge in [-0.15, -0.1) is 0 Å². The summed E-state index contributed by atoms with van der Waals surface area (Å²) in [6.07, 6.45) is 0.207. The zero-order valence-electron chi connectivity index (χ0n) is 9.61. The molecule has 1 aromatic rings. The smallest absolute Gasteiger partial charge is 0.170 e. The third kappa shape index (κ3) is 2.89. The van der Waals surface area contributed by atoms with Gasteiger partial charge in [0, 0.05) is 18.6 Å². The minimum atomic E-state index is -0.397. The van der Waals surface area contributed by atoms with Crippen LogP contribution in [0.3, 0.4) is 0 Å². The second-order valence-electron chi connectivity index (χ2n) is 5.02. The number of ketones is 1. The van der Waals surface area contributed by atoms with Gasteiger partial charge in [0.2, 0.25) is 0 Å². The lowest BCUT2D eigenvalue weighted by atomic mass is 9.87. The van der Waals surface area contributed by atoms with E-state index in [0.717, 1.165) is 12.1 Å². The number of phenols is 3. The van der Waals surface area contributed by atoms with E-state index in [2.05, 4.69) is 0 Å². The molecule has 4 heteroatoms. The van der Waals surface area contributed by atoms with Gasteiger partial charge in [-0.05, 0) is 5.41 Å². The van der Waals surface area contributed by atoms with E-state index >= 15 is 0 Å². The van der Waals surface area contributed by atoms with Gasteiger partial charge in [-0.1, -0.05) is 20.8 Å². The van der Waals surface area contributed by atoms with E-state index in [1.807, 2.05) is 20.8 Å². The molecule has 0 aliphatic carbocycles. The van der Waals surface area contributed by atoms with Crippen LogP contribution in [-0.4, -0.2) is 21.1 Å². The molecule has 0 aliphatic rings. The SMILES string of the molecule is CC(C)(C)CC(=O)c1c(O)cc(O)cc1O. The van der Waals surface area contributed by atoms with Crippen LogP contribution in [0.25, 0.3) is 0 Å². The van der Waals surface area contributed by atoms with Gasteiger partial charge in [0.15, 0.2) is 5.78 Å². The fraction of sp³-hybridized carbons (Fsp3) is 0.417. The molecular weight excluding hydrogens is 208 g/mol. The fourth-order valence-electron chi connectivity index (χ4n) is 1.45. The molecule has 0 aliphatic heterocycles. The van der Waals surface area contributed by atoms with E-state index < -0.39 is 11.5 Å². The van der Waals surface area contributed by atoms with Crippen LogP contribution in [0.1, 0.15) is 37.6 Å². The van der Waals surface area contributed by atoms with Crippen LogP contribution in [0.15, 0.2) is 12.1 Å². The molecule has 1 rings (SSSR count). The first-order valence-electron chi connectivity index (χ1n) is 4.99. The van der Waals surface area contributed by atoms with Crippen LogP contribution in [0.2, 0.25) is 0 Å². The van der Waals surface area contributed by atoms with Crippen LogP contribution in [0, 0.1) is 5.41 Å². The van der Waals surface area contributed by atoms with Crippen molar-refractivity contribution in [3.05, 3.63) is 17.7 Å². The van der Waals surface area contributed by atoms with E-state index in [1.54, 1.807) is 0 Å². The molecular formula is C12H16O4. The Labute approximate surface area is 94.2 Å². The lowest BCUT2D eigenvalue weighted by Gasteiger charge is -2.17. The topological polar surface area (TPSA) is 77.8 Å². The monoisotopic (exact) mass is 224 g/mol. The highest BCUT2D eigenvalue weighted by Crippen LogP contribution is 2.34. The summed E-state index contributed by atoms with van der Waals surface area (Å²) in [7, 11) is 0. The molecule has 4 nitrogen and oxygen atoms in total. The average Bonchev–Trinajstić information content (AvgIpc) is 1.96. The maximum Gasteiger partial charge on any atom is 0.170 e. The normalized spacial score (nSPS) is 11.4. The molecule has 16 heavy (non-hydrogen) atoms. The standard InChI is InChI=1S/C12H16O4/c1-12(2,3)6-10(16)11-8(14)4-7(13)5-9(11)15/h4-5,13-15H,6H2,1-3H3. The van der Waals surface area contributed by atoms with Gasteiger partial charge in [0.25, 0.3) is 0 Å². The third-order valence-electron chi connectivity index (χ3n) is 2.05. The molecule has 0 radical (unpaired) electrons. The van der Waals surface area contributed by atoms with Gasteiger partial charge in [-0.25, -0.2) is 0 Å². The Morgan fingerprint density at radius 3 is 1.94 bits per heavy atom. The number of carbonyl (C=O) groups is 1. The van der Waals surface area contributed by atoms with Gasteiger partial charge in [0.05, 0.1) is 0 Å². The zero-order valence-corrected chi connectivity index (χ0v) is 9.61. The number of phenolic OH excluding ortho intramolecular Hbond substituents is 3. The number of benzene rings is 1. The number of hydrogen-bond donors (Lipinski definition) is 3. The van der Waals surface area contributed by atoms with Crippen molar-refractivity contribution in [2.45, 2.75) is 27.2 Å². The summed E-state index contributed by atoms with van der Waals surface area (Å²) in [5, 5.41) is 28.1. The Kier molecular flexibility index (Phi) is 3.12. The van der Waals surface area contributed by atoms with Crippen LogP contribution in [0.4, 0.5) is 0 Å². The maximum absolute atomic E-state index is 11.8.